The Morgan fingerprint density at radius 2 is 1.57 bits per heavy atom. The molecule has 0 bridgehead atoms. The van der Waals surface area contributed by atoms with Gasteiger partial charge < -0.3 is 18.9 Å². The van der Waals surface area contributed by atoms with Gasteiger partial charge in [0.25, 0.3) is 0 Å². The smallest absolute Gasteiger partial charge is 0.203 e. The van der Waals surface area contributed by atoms with Gasteiger partial charge in [0.15, 0.2) is 17.3 Å². The number of benzene rings is 1. The molecule has 0 atom stereocenters. The van der Waals surface area contributed by atoms with E-state index in [2.05, 4.69) is 6.08 Å². The van der Waals surface area contributed by atoms with Gasteiger partial charge in [-0.2, -0.15) is 0 Å². The quantitative estimate of drug-likeness (QED) is 0.569. The zero-order valence-electron chi connectivity index (χ0n) is 17.6. The summed E-state index contributed by atoms with van der Waals surface area (Å²) in [6.07, 6.45) is 12.8. The van der Waals surface area contributed by atoms with E-state index >= 15 is 0 Å². The maximum atomic E-state index is 12.5. The van der Waals surface area contributed by atoms with Crippen LogP contribution in [0.3, 0.4) is 0 Å². The molecule has 152 valence electrons. The Kier molecular flexibility index (Phi) is 10.3. The first-order valence-electron chi connectivity index (χ1n) is 9.25. The van der Waals surface area contributed by atoms with Gasteiger partial charge in [0.05, 0.1) is 28.4 Å². The lowest BCUT2D eigenvalue weighted by molar-refractivity contribution is 0.0995. The van der Waals surface area contributed by atoms with Crippen LogP contribution >= 0.6 is 0 Å². The largest absolute Gasteiger partial charge is 0.497 e. The number of carbonyl (C=O) groups excluding carboxylic acids is 1. The molecule has 0 unspecified atom stereocenters. The number of allylic oxidation sites excluding steroid dienone is 7. The molecule has 0 radical (unpaired) electrons. The summed E-state index contributed by atoms with van der Waals surface area (Å²) >= 11 is 0. The molecule has 5 nitrogen and oxygen atoms in total. The highest BCUT2D eigenvalue weighted by Crippen LogP contribution is 2.38. The number of rotatable bonds is 8. The zero-order valence-corrected chi connectivity index (χ0v) is 17.6. The van der Waals surface area contributed by atoms with Crippen LogP contribution < -0.4 is 14.2 Å². The third-order valence-electron chi connectivity index (χ3n) is 3.95. The number of hydrogen-bond acceptors (Lipinski definition) is 5. The highest BCUT2D eigenvalue weighted by molar-refractivity contribution is 5.98. The Hall–Kier alpha value is -2.95. The summed E-state index contributed by atoms with van der Waals surface area (Å²) in [6.45, 7) is 4.00. The van der Waals surface area contributed by atoms with Gasteiger partial charge in [0.2, 0.25) is 5.75 Å². The van der Waals surface area contributed by atoms with Gasteiger partial charge in [-0.1, -0.05) is 38.2 Å². The summed E-state index contributed by atoms with van der Waals surface area (Å²) in [5, 5.41) is 0. The molecule has 0 heterocycles. The molecule has 0 fully saturated rings. The van der Waals surface area contributed by atoms with Crippen molar-refractivity contribution < 1.29 is 23.7 Å². The molecule has 2 rings (SSSR count). The van der Waals surface area contributed by atoms with Crippen molar-refractivity contribution in [1.29, 1.82) is 0 Å². The van der Waals surface area contributed by atoms with Crippen molar-refractivity contribution in [3.05, 3.63) is 65.5 Å². The van der Waals surface area contributed by atoms with E-state index in [1.807, 2.05) is 44.2 Å². The predicted molar refractivity (Wildman–Crippen MR) is 112 cm³/mol. The van der Waals surface area contributed by atoms with E-state index in [1.165, 1.54) is 21.3 Å². The molecule has 0 N–H and O–H groups in total. The molecule has 0 spiro atoms. The zero-order chi connectivity index (χ0) is 20.9. The lowest BCUT2D eigenvalue weighted by Crippen LogP contribution is -2.01. The van der Waals surface area contributed by atoms with Crippen molar-refractivity contribution in [2.75, 3.05) is 28.4 Å². The number of carbonyl (C=O) groups is 1. The fraction of sp³-hybridized carbons (Fsp3) is 0.348. The predicted octanol–water partition coefficient (Wildman–Crippen LogP) is 5.28. The summed E-state index contributed by atoms with van der Waals surface area (Å²) in [6, 6.07) is 3.33. The first kappa shape index (κ1) is 23.1. The van der Waals surface area contributed by atoms with E-state index in [0.717, 1.165) is 17.8 Å². The molecule has 1 aliphatic carbocycles. The van der Waals surface area contributed by atoms with Crippen molar-refractivity contribution in [2.24, 2.45) is 0 Å². The highest BCUT2D eigenvalue weighted by atomic mass is 16.5. The standard InChI is InChI=1S/C21H24O5.C2H6/c1-23-17-9-5-7-15(11-12-17)8-6-10-18(22)16-13-19(24-2)21(26-4)20(14-16)25-3;1-2/h6-9,11-14H,5,10H2,1-4H3;1-2H3. The fourth-order valence-corrected chi connectivity index (χ4v) is 2.56. The summed E-state index contributed by atoms with van der Waals surface area (Å²) in [4.78, 5) is 12.5. The number of Topliss-reactive ketones (excluding diaryl/α,β-unsaturated/α-hetero) is 1. The van der Waals surface area contributed by atoms with Crippen molar-refractivity contribution >= 4 is 5.78 Å². The topological polar surface area (TPSA) is 54.0 Å². The van der Waals surface area contributed by atoms with Crippen LogP contribution in [0.5, 0.6) is 17.2 Å². The minimum Gasteiger partial charge on any atom is -0.497 e. The average molecular weight is 386 g/mol. The molecule has 1 aromatic carbocycles. The number of ketones is 1. The molecule has 0 amide bonds. The number of hydrogen-bond donors (Lipinski definition) is 0. The lowest BCUT2D eigenvalue weighted by atomic mass is 10.1. The summed E-state index contributed by atoms with van der Waals surface area (Å²) in [5.74, 6) is 2.20. The van der Waals surface area contributed by atoms with Gasteiger partial charge in [-0.25, -0.2) is 0 Å². The van der Waals surface area contributed by atoms with Crippen LogP contribution in [0.25, 0.3) is 0 Å². The highest BCUT2D eigenvalue weighted by Gasteiger charge is 2.16. The van der Waals surface area contributed by atoms with E-state index in [0.29, 0.717) is 22.8 Å². The molecular formula is C23H30O5. The van der Waals surface area contributed by atoms with E-state index < -0.39 is 0 Å². The number of methoxy groups -OCH3 is 4. The number of ether oxygens (including phenoxy) is 4. The van der Waals surface area contributed by atoms with Crippen LogP contribution in [-0.2, 0) is 4.74 Å². The SMILES string of the molecule is CC.COC1=CCC=C(C=CCC(=O)c2cc(OC)c(OC)c(OC)c2)C=C1. The first-order valence-corrected chi connectivity index (χ1v) is 9.25. The van der Waals surface area contributed by atoms with Gasteiger partial charge >= 0.3 is 0 Å². The molecule has 1 aromatic rings. The second-order valence-corrected chi connectivity index (χ2v) is 5.53. The maximum absolute atomic E-state index is 12.5. The van der Waals surface area contributed by atoms with Crippen LogP contribution in [0.1, 0.15) is 37.0 Å². The molecule has 0 saturated heterocycles. The molecular weight excluding hydrogens is 356 g/mol. The molecule has 28 heavy (non-hydrogen) atoms. The van der Waals surface area contributed by atoms with Crippen LogP contribution in [0.4, 0.5) is 0 Å². The van der Waals surface area contributed by atoms with Gasteiger partial charge in [-0.3, -0.25) is 4.79 Å². The molecule has 0 aromatic heterocycles. The summed E-state index contributed by atoms with van der Waals surface area (Å²) in [7, 11) is 6.23. The molecule has 1 aliphatic rings. The fourth-order valence-electron chi connectivity index (χ4n) is 2.56. The van der Waals surface area contributed by atoms with Crippen LogP contribution in [0.2, 0.25) is 0 Å². The summed E-state index contributed by atoms with van der Waals surface area (Å²) in [5.41, 5.74) is 1.55. The van der Waals surface area contributed by atoms with Crippen LogP contribution in [-0.4, -0.2) is 34.2 Å². The monoisotopic (exact) mass is 386 g/mol. The normalized spacial score (nSPS) is 12.9. The second-order valence-electron chi connectivity index (χ2n) is 5.53. The molecule has 0 saturated carbocycles. The minimum atomic E-state index is -0.0330. The van der Waals surface area contributed by atoms with Gasteiger partial charge in [0, 0.05) is 12.0 Å². The minimum absolute atomic E-state index is 0.0330. The Labute approximate surface area is 167 Å². The van der Waals surface area contributed by atoms with Gasteiger partial charge in [0.1, 0.15) is 5.76 Å². The van der Waals surface area contributed by atoms with E-state index in [1.54, 1.807) is 19.2 Å². The molecule has 5 heteroatoms. The third-order valence-corrected chi connectivity index (χ3v) is 3.95. The van der Waals surface area contributed by atoms with Crippen LogP contribution in [0.15, 0.2) is 59.9 Å². The third kappa shape index (κ3) is 6.34. The van der Waals surface area contributed by atoms with Crippen LogP contribution in [0, 0.1) is 0 Å². The summed E-state index contributed by atoms with van der Waals surface area (Å²) < 4.78 is 21.1. The Morgan fingerprint density at radius 1 is 0.929 bits per heavy atom. The van der Waals surface area contributed by atoms with Crippen molar-refractivity contribution in [2.45, 2.75) is 26.7 Å². The van der Waals surface area contributed by atoms with Crippen molar-refractivity contribution in [1.82, 2.24) is 0 Å². The average Bonchev–Trinajstić information content (AvgIpc) is 2.99. The van der Waals surface area contributed by atoms with Crippen molar-refractivity contribution in [3.8, 4) is 17.2 Å². The second kappa shape index (κ2) is 12.4. The van der Waals surface area contributed by atoms with E-state index in [4.69, 9.17) is 18.9 Å². The molecule has 0 aliphatic heterocycles. The van der Waals surface area contributed by atoms with Gasteiger partial charge in [-0.05, 0) is 36.3 Å². The lowest BCUT2D eigenvalue weighted by Gasteiger charge is -2.13. The van der Waals surface area contributed by atoms with Gasteiger partial charge in [-0.15, -0.1) is 0 Å². The van der Waals surface area contributed by atoms with E-state index in [-0.39, 0.29) is 12.2 Å². The Morgan fingerprint density at radius 3 is 2.11 bits per heavy atom. The van der Waals surface area contributed by atoms with E-state index in [9.17, 15) is 4.79 Å². The Bertz CT molecular complexity index is 744. The Balaban J connectivity index is 0.00000190. The van der Waals surface area contributed by atoms with Crippen molar-refractivity contribution in [3.63, 3.8) is 0 Å². The maximum Gasteiger partial charge on any atom is 0.203 e. The first-order chi connectivity index (χ1) is 13.6.